The molecule has 2 aromatic carbocycles. The second-order valence-corrected chi connectivity index (χ2v) is 7.72. The summed E-state index contributed by atoms with van der Waals surface area (Å²) >= 11 is 0. The number of carboxylic acid groups (broad SMARTS) is 1. The summed E-state index contributed by atoms with van der Waals surface area (Å²) in [5.41, 5.74) is 0.0648. The van der Waals surface area contributed by atoms with Crippen LogP contribution in [0, 0.1) is 0 Å². The third-order valence-corrected chi connectivity index (χ3v) is 5.74. The summed E-state index contributed by atoms with van der Waals surface area (Å²) in [6.45, 7) is -4.14. The van der Waals surface area contributed by atoms with E-state index in [0.717, 1.165) is 11.0 Å². The van der Waals surface area contributed by atoms with E-state index in [2.05, 4.69) is 10.1 Å². The molecule has 1 saturated heterocycles. The first kappa shape index (κ1) is 22.7. The number of nitrogens with zero attached hydrogens (tertiary/aromatic N) is 1. The lowest BCUT2D eigenvalue weighted by molar-refractivity contribution is -0.160. The van der Waals surface area contributed by atoms with Gasteiger partial charge in [0.2, 0.25) is 5.91 Å². The van der Waals surface area contributed by atoms with Crippen molar-refractivity contribution < 1.29 is 41.8 Å². The van der Waals surface area contributed by atoms with Crippen molar-refractivity contribution in [3.05, 3.63) is 59.2 Å². The predicted octanol–water partition coefficient (Wildman–Crippen LogP) is 2.83. The van der Waals surface area contributed by atoms with Crippen LogP contribution < -0.4 is 5.32 Å². The summed E-state index contributed by atoms with van der Waals surface area (Å²) in [5.74, 6) is -6.32. The summed E-state index contributed by atoms with van der Waals surface area (Å²) in [6.07, 6.45) is -1.48. The minimum atomic E-state index is -3.29. The highest BCUT2D eigenvalue weighted by Gasteiger charge is 2.44. The van der Waals surface area contributed by atoms with Gasteiger partial charge in [0.1, 0.15) is 6.04 Å². The molecular weight excluding hydrogens is 448 g/mol. The number of alkyl halides is 4. The van der Waals surface area contributed by atoms with Gasteiger partial charge in [0.05, 0.1) is 12.6 Å². The SMILES string of the molecule is O=C(NCC(=O)N1C[C@H](OC(F)F)C[C@H]1C(=O)O)c1ccc2c(c1)C(F)(F)c1ccccc1-2. The van der Waals surface area contributed by atoms with Crippen LogP contribution in [0.1, 0.15) is 27.9 Å². The molecule has 0 spiro atoms. The smallest absolute Gasteiger partial charge is 0.345 e. The number of amides is 2. The molecule has 1 fully saturated rings. The fourth-order valence-electron chi connectivity index (χ4n) is 4.23. The number of rotatable bonds is 6. The van der Waals surface area contributed by atoms with Gasteiger partial charge in [-0.25, -0.2) is 4.79 Å². The Morgan fingerprint density at radius 2 is 1.82 bits per heavy atom. The normalized spacial score (nSPS) is 20.5. The van der Waals surface area contributed by atoms with Gasteiger partial charge in [0.25, 0.3) is 11.8 Å². The third-order valence-electron chi connectivity index (χ3n) is 5.74. The Labute approximate surface area is 184 Å². The largest absolute Gasteiger partial charge is 0.480 e. The van der Waals surface area contributed by atoms with Gasteiger partial charge >= 0.3 is 12.6 Å². The standard InChI is InChI=1S/C22H18F4N2O5/c23-21(24)33-12-8-17(20(31)32)28(10-12)18(29)9-27-19(30)11-5-6-14-13-3-1-2-4-15(13)22(25,26)16(14)7-11/h1-7,12,17,21H,8-10H2,(H,27,30)(H,31,32)/t12-,17+/m1/s1. The van der Waals surface area contributed by atoms with E-state index >= 15 is 0 Å². The Hall–Kier alpha value is -3.47. The zero-order valence-corrected chi connectivity index (χ0v) is 16.9. The van der Waals surface area contributed by atoms with Crippen LogP contribution in [-0.2, 0) is 20.2 Å². The molecule has 7 nitrogen and oxygen atoms in total. The van der Waals surface area contributed by atoms with Crippen LogP contribution in [-0.4, -0.2) is 59.6 Å². The van der Waals surface area contributed by atoms with E-state index in [9.17, 15) is 37.1 Å². The van der Waals surface area contributed by atoms with Crippen molar-refractivity contribution in [2.75, 3.05) is 13.1 Å². The van der Waals surface area contributed by atoms with Gasteiger partial charge in [0, 0.05) is 29.7 Å². The average Bonchev–Trinajstić information content (AvgIpc) is 3.29. The van der Waals surface area contributed by atoms with Crippen LogP contribution in [0.3, 0.4) is 0 Å². The lowest BCUT2D eigenvalue weighted by atomic mass is 10.0. The molecule has 4 rings (SSSR count). The van der Waals surface area contributed by atoms with E-state index in [-0.39, 0.29) is 29.7 Å². The lowest BCUT2D eigenvalue weighted by Gasteiger charge is -2.21. The molecule has 2 N–H and O–H groups in total. The van der Waals surface area contributed by atoms with Gasteiger partial charge < -0.3 is 20.1 Å². The van der Waals surface area contributed by atoms with Crippen molar-refractivity contribution in [2.45, 2.75) is 31.1 Å². The molecule has 1 aliphatic heterocycles. The van der Waals surface area contributed by atoms with Crippen molar-refractivity contribution in [3.63, 3.8) is 0 Å². The van der Waals surface area contributed by atoms with E-state index in [4.69, 9.17) is 0 Å². The Morgan fingerprint density at radius 3 is 2.52 bits per heavy atom. The Morgan fingerprint density at radius 1 is 1.12 bits per heavy atom. The van der Waals surface area contributed by atoms with Crippen molar-refractivity contribution >= 4 is 17.8 Å². The van der Waals surface area contributed by atoms with Crippen LogP contribution in [0.15, 0.2) is 42.5 Å². The Balaban J connectivity index is 1.45. The van der Waals surface area contributed by atoms with E-state index in [0.29, 0.717) is 11.1 Å². The molecule has 2 aromatic rings. The molecule has 1 aliphatic carbocycles. The molecule has 174 valence electrons. The Kier molecular flexibility index (Phi) is 5.83. The lowest BCUT2D eigenvalue weighted by Crippen LogP contribution is -2.45. The van der Waals surface area contributed by atoms with Gasteiger partial charge in [-0.3, -0.25) is 9.59 Å². The predicted molar refractivity (Wildman–Crippen MR) is 106 cm³/mol. The molecule has 2 amide bonds. The number of likely N-dealkylation sites (tertiary alicyclic amines) is 1. The first-order valence-corrected chi connectivity index (χ1v) is 9.96. The number of carboxylic acids is 1. The Bertz CT molecular complexity index is 1120. The molecule has 11 heteroatoms. The van der Waals surface area contributed by atoms with Crippen LogP contribution in [0.25, 0.3) is 11.1 Å². The zero-order valence-electron chi connectivity index (χ0n) is 16.9. The first-order valence-electron chi connectivity index (χ1n) is 9.96. The molecule has 0 bridgehead atoms. The van der Waals surface area contributed by atoms with E-state index < -0.39 is 49.0 Å². The number of carbonyl (C=O) groups is 3. The molecular formula is C22H18F4N2O5. The van der Waals surface area contributed by atoms with E-state index in [1.807, 2.05) is 0 Å². The number of fused-ring (bicyclic) bond motifs is 3. The third kappa shape index (κ3) is 4.15. The number of halogens is 4. The zero-order chi connectivity index (χ0) is 23.9. The first-order chi connectivity index (χ1) is 15.6. The number of carbonyl (C=O) groups excluding carboxylic acids is 2. The van der Waals surface area contributed by atoms with Crippen LogP contribution >= 0.6 is 0 Å². The number of benzene rings is 2. The molecule has 2 atom stereocenters. The highest BCUT2D eigenvalue weighted by Crippen LogP contribution is 2.50. The minimum absolute atomic E-state index is 0.107. The number of aliphatic carboxylic acids is 1. The van der Waals surface area contributed by atoms with Crippen LogP contribution in [0.5, 0.6) is 0 Å². The summed E-state index contributed by atoms with van der Waals surface area (Å²) in [6, 6.07) is 8.43. The summed E-state index contributed by atoms with van der Waals surface area (Å²) in [5, 5.41) is 11.5. The van der Waals surface area contributed by atoms with Crippen molar-refractivity contribution in [2.24, 2.45) is 0 Å². The topological polar surface area (TPSA) is 95.9 Å². The van der Waals surface area contributed by atoms with Crippen molar-refractivity contribution in [3.8, 4) is 11.1 Å². The number of hydrogen-bond acceptors (Lipinski definition) is 4. The molecule has 0 aromatic heterocycles. The van der Waals surface area contributed by atoms with E-state index in [1.54, 1.807) is 12.1 Å². The van der Waals surface area contributed by atoms with Crippen molar-refractivity contribution in [1.82, 2.24) is 10.2 Å². The minimum Gasteiger partial charge on any atom is -0.480 e. The fraction of sp³-hybridized carbons (Fsp3) is 0.318. The van der Waals surface area contributed by atoms with Gasteiger partial charge in [-0.1, -0.05) is 30.3 Å². The second kappa shape index (κ2) is 8.47. The van der Waals surface area contributed by atoms with Gasteiger partial charge in [-0.2, -0.15) is 17.6 Å². The van der Waals surface area contributed by atoms with Gasteiger partial charge in [0.15, 0.2) is 0 Å². The van der Waals surface area contributed by atoms with Crippen LogP contribution in [0.4, 0.5) is 17.6 Å². The molecule has 0 radical (unpaired) electrons. The monoisotopic (exact) mass is 466 g/mol. The highest BCUT2D eigenvalue weighted by atomic mass is 19.3. The highest BCUT2D eigenvalue weighted by molar-refractivity contribution is 5.98. The number of ether oxygens (including phenoxy) is 1. The fourth-order valence-corrected chi connectivity index (χ4v) is 4.23. The van der Waals surface area contributed by atoms with Crippen LogP contribution in [0.2, 0.25) is 0 Å². The van der Waals surface area contributed by atoms with E-state index in [1.165, 1.54) is 24.3 Å². The number of nitrogens with one attached hydrogen (secondary N) is 1. The summed E-state index contributed by atoms with van der Waals surface area (Å²) in [7, 11) is 0. The van der Waals surface area contributed by atoms with Crippen molar-refractivity contribution in [1.29, 1.82) is 0 Å². The maximum absolute atomic E-state index is 14.8. The molecule has 0 saturated carbocycles. The number of hydrogen-bond donors (Lipinski definition) is 2. The summed E-state index contributed by atoms with van der Waals surface area (Å²) < 4.78 is 58.8. The molecule has 2 aliphatic rings. The molecule has 1 heterocycles. The maximum atomic E-state index is 14.8. The maximum Gasteiger partial charge on any atom is 0.345 e. The average molecular weight is 466 g/mol. The summed E-state index contributed by atoms with van der Waals surface area (Å²) in [4.78, 5) is 37.2. The van der Waals surface area contributed by atoms with Gasteiger partial charge in [-0.05, 0) is 23.3 Å². The molecule has 33 heavy (non-hydrogen) atoms. The molecule has 0 unspecified atom stereocenters. The second-order valence-electron chi connectivity index (χ2n) is 7.72. The van der Waals surface area contributed by atoms with Gasteiger partial charge in [-0.15, -0.1) is 0 Å². The quantitative estimate of drug-likeness (QED) is 0.639.